The number of carbonyl (C=O) groups is 1. The molecule has 2 unspecified atom stereocenters. The Hall–Kier alpha value is -1.76. The lowest BCUT2D eigenvalue weighted by Crippen LogP contribution is -2.39. The van der Waals surface area contributed by atoms with Crippen LogP contribution in [0.5, 0.6) is 0 Å². The number of nitrogens with zero attached hydrogens (tertiary/aromatic N) is 2. The van der Waals surface area contributed by atoms with Crippen LogP contribution in [0.3, 0.4) is 0 Å². The van der Waals surface area contributed by atoms with Crippen LogP contribution in [-0.4, -0.2) is 34.1 Å². The number of anilines is 1. The topological polar surface area (TPSA) is 85.2 Å². The second kappa shape index (κ2) is 8.09. The minimum atomic E-state index is -0.520. The highest BCUT2D eigenvalue weighted by Gasteiger charge is 2.29. The Balaban J connectivity index is 2.03. The second-order valence-electron chi connectivity index (χ2n) is 9.08. The van der Waals surface area contributed by atoms with Gasteiger partial charge in [-0.1, -0.05) is 18.0 Å². The molecule has 1 saturated carbocycles. The lowest BCUT2D eigenvalue weighted by Gasteiger charge is -2.25. The lowest BCUT2D eigenvalue weighted by molar-refractivity contribution is 0.0519. The van der Waals surface area contributed by atoms with Gasteiger partial charge in [0.2, 0.25) is 0 Å². The van der Waals surface area contributed by atoms with Gasteiger partial charge in [-0.2, -0.15) is 5.10 Å². The first-order chi connectivity index (χ1) is 12.4. The van der Waals surface area contributed by atoms with Crippen molar-refractivity contribution < 1.29 is 9.53 Å². The van der Waals surface area contributed by atoms with E-state index in [-0.39, 0.29) is 22.5 Å². The minimum absolute atomic E-state index is 0.115. The number of amides is 1. The summed E-state index contributed by atoms with van der Waals surface area (Å²) in [7, 11) is 0. The molecule has 152 valence electrons. The minimum Gasteiger partial charge on any atom is -0.444 e. The summed E-state index contributed by atoms with van der Waals surface area (Å²) in [4.78, 5) is 24.4. The summed E-state index contributed by atoms with van der Waals surface area (Å²) in [6, 6.07) is 0.115. The van der Waals surface area contributed by atoms with Crippen molar-refractivity contribution in [3.8, 4) is 0 Å². The fourth-order valence-electron chi connectivity index (χ4n) is 3.21. The molecule has 2 rings (SSSR count). The molecule has 1 fully saturated rings. The Labute approximate surface area is 165 Å². The Morgan fingerprint density at radius 2 is 1.96 bits per heavy atom. The molecule has 0 radical (unpaired) electrons. The third-order valence-corrected chi connectivity index (χ3v) is 4.83. The largest absolute Gasteiger partial charge is 0.444 e. The maximum atomic E-state index is 12.5. The van der Waals surface area contributed by atoms with Crippen molar-refractivity contribution in [1.29, 1.82) is 0 Å². The molecule has 0 bridgehead atoms. The predicted octanol–water partition coefficient (Wildman–Crippen LogP) is 3.76. The SMILES string of the molecule is CC(C)(C)OC(=O)NCC1CCCC1Nc1cnn(C(C)(C)C)c(=O)c1Cl. The monoisotopic (exact) mass is 398 g/mol. The van der Waals surface area contributed by atoms with Crippen molar-refractivity contribution in [2.24, 2.45) is 5.92 Å². The van der Waals surface area contributed by atoms with Gasteiger partial charge < -0.3 is 15.4 Å². The maximum Gasteiger partial charge on any atom is 0.407 e. The number of hydrogen-bond donors (Lipinski definition) is 2. The van der Waals surface area contributed by atoms with E-state index in [1.807, 2.05) is 41.5 Å². The number of carbonyl (C=O) groups excluding carboxylic acids is 1. The molecule has 0 aliphatic heterocycles. The number of aromatic nitrogens is 2. The maximum absolute atomic E-state index is 12.5. The van der Waals surface area contributed by atoms with Crippen LogP contribution in [0.25, 0.3) is 0 Å². The summed E-state index contributed by atoms with van der Waals surface area (Å²) >= 11 is 6.31. The molecule has 1 aliphatic carbocycles. The molecule has 27 heavy (non-hydrogen) atoms. The molecule has 0 aromatic carbocycles. The summed E-state index contributed by atoms with van der Waals surface area (Å²) in [5, 5.41) is 10.6. The number of ether oxygens (including phenoxy) is 1. The molecule has 1 heterocycles. The van der Waals surface area contributed by atoms with Gasteiger partial charge in [0.05, 0.1) is 17.4 Å². The van der Waals surface area contributed by atoms with Crippen molar-refractivity contribution in [3.05, 3.63) is 21.6 Å². The highest BCUT2D eigenvalue weighted by molar-refractivity contribution is 6.32. The molecule has 7 nitrogen and oxygen atoms in total. The Morgan fingerprint density at radius 1 is 1.30 bits per heavy atom. The third kappa shape index (κ3) is 5.86. The zero-order valence-corrected chi connectivity index (χ0v) is 17.8. The highest BCUT2D eigenvalue weighted by Crippen LogP contribution is 2.30. The van der Waals surface area contributed by atoms with E-state index in [4.69, 9.17) is 16.3 Å². The van der Waals surface area contributed by atoms with E-state index < -0.39 is 17.2 Å². The van der Waals surface area contributed by atoms with E-state index in [1.165, 1.54) is 4.68 Å². The normalized spacial score (nSPS) is 20.4. The molecular formula is C19H31ClN4O3. The van der Waals surface area contributed by atoms with Crippen molar-refractivity contribution in [3.63, 3.8) is 0 Å². The van der Waals surface area contributed by atoms with E-state index in [0.717, 1.165) is 19.3 Å². The summed E-state index contributed by atoms with van der Waals surface area (Å²) < 4.78 is 6.67. The van der Waals surface area contributed by atoms with Crippen LogP contribution in [0.2, 0.25) is 5.02 Å². The Bertz CT molecular complexity index is 734. The fraction of sp³-hybridized carbons (Fsp3) is 0.737. The van der Waals surface area contributed by atoms with Crippen LogP contribution in [0, 0.1) is 5.92 Å². The number of alkyl carbamates (subject to hydrolysis) is 1. The van der Waals surface area contributed by atoms with Gasteiger partial charge in [0.15, 0.2) is 0 Å². The van der Waals surface area contributed by atoms with Gasteiger partial charge in [0, 0.05) is 12.6 Å². The van der Waals surface area contributed by atoms with Gasteiger partial charge in [-0.15, -0.1) is 0 Å². The first-order valence-corrected chi connectivity index (χ1v) is 9.78. The number of rotatable bonds is 4. The van der Waals surface area contributed by atoms with Crippen LogP contribution in [0.15, 0.2) is 11.0 Å². The fourth-order valence-corrected chi connectivity index (χ4v) is 3.39. The van der Waals surface area contributed by atoms with Gasteiger partial charge in [0.1, 0.15) is 10.6 Å². The first-order valence-electron chi connectivity index (χ1n) is 9.40. The molecule has 0 saturated heterocycles. The zero-order chi connectivity index (χ0) is 20.4. The standard InChI is InChI=1S/C19H31ClN4O3/c1-18(2,3)24-16(25)15(20)14(11-22-24)23-13-9-7-8-12(13)10-21-17(26)27-19(4,5)6/h11-13,23H,7-10H2,1-6H3,(H,21,26). The van der Waals surface area contributed by atoms with E-state index in [0.29, 0.717) is 12.2 Å². The smallest absolute Gasteiger partial charge is 0.407 e. The van der Waals surface area contributed by atoms with Crippen LogP contribution in [0.1, 0.15) is 60.8 Å². The van der Waals surface area contributed by atoms with Crippen LogP contribution >= 0.6 is 11.6 Å². The molecule has 1 aromatic rings. The van der Waals surface area contributed by atoms with Crippen molar-refractivity contribution in [2.45, 2.75) is 78.0 Å². The number of hydrogen-bond acceptors (Lipinski definition) is 5. The summed E-state index contributed by atoms with van der Waals surface area (Å²) in [5.74, 6) is 0.235. The molecule has 2 atom stereocenters. The van der Waals surface area contributed by atoms with Crippen LogP contribution in [-0.2, 0) is 10.3 Å². The molecule has 8 heteroatoms. The average molecular weight is 399 g/mol. The van der Waals surface area contributed by atoms with Gasteiger partial charge >= 0.3 is 6.09 Å². The van der Waals surface area contributed by atoms with Gasteiger partial charge in [-0.25, -0.2) is 9.48 Å². The van der Waals surface area contributed by atoms with Crippen LogP contribution in [0.4, 0.5) is 10.5 Å². The Morgan fingerprint density at radius 3 is 2.56 bits per heavy atom. The molecular weight excluding hydrogens is 368 g/mol. The molecule has 1 aliphatic rings. The van der Waals surface area contributed by atoms with Crippen LogP contribution < -0.4 is 16.2 Å². The molecule has 1 aromatic heterocycles. The van der Waals surface area contributed by atoms with E-state index in [1.54, 1.807) is 6.20 Å². The third-order valence-electron chi connectivity index (χ3n) is 4.46. The average Bonchev–Trinajstić information content (AvgIpc) is 2.94. The van der Waals surface area contributed by atoms with E-state index in [2.05, 4.69) is 15.7 Å². The lowest BCUT2D eigenvalue weighted by atomic mass is 10.0. The van der Waals surface area contributed by atoms with Crippen molar-refractivity contribution in [1.82, 2.24) is 15.1 Å². The quantitative estimate of drug-likeness (QED) is 0.806. The second-order valence-corrected chi connectivity index (χ2v) is 9.46. The van der Waals surface area contributed by atoms with E-state index in [9.17, 15) is 9.59 Å². The molecule has 0 spiro atoms. The molecule has 2 N–H and O–H groups in total. The Kier molecular flexibility index (Phi) is 6.45. The van der Waals surface area contributed by atoms with Gasteiger partial charge in [-0.05, 0) is 60.3 Å². The van der Waals surface area contributed by atoms with Gasteiger partial charge in [0.25, 0.3) is 5.56 Å². The first kappa shape index (κ1) is 21.5. The van der Waals surface area contributed by atoms with Crippen molar-refractivity contribution >= 4 is 23.4 Å². The number of halogens is 1. The van der Waals surface area contributed by atoms with Crippen molar-refractivity contribution in [2.75, 3.05) is 11.9 Å². The van der Waals surface area contributed by atoms with E-state index >= 15 is 0 Å². The molecule has 1 amide bonds. The summed E-state index contributed by atoms with van der Waals surface area (Å²) in [6.45, 7) is 11.7. The van der Waals surface area contributed by atoms with Gasteiger partial charge in [-0.3, -0.25) is 4.79 Å². The summed E-state index contributed by atoms with van der Waals surface area (Å²) in [5.41, 5.74) is -0.730. The predicted molar refractivity (Wildman–Crippen MR) is 107 cm³/mol. The highest BCUT2D eigenvalue weighted by atomic mass is 35.5. The zero-order valence-electron chi connectivity index (χ0n) is 17.1. The summed E-state index contributed by atoms with van der Waals surface area (Å²) in [6.07, 6.45) is 4.16. The number of nitrogens with one attached hydrogen (secondary N) is 2.